The van der Waals surface area contributed by atoms with Crippen molar-refractivity contribution >= 4 is 43.2 Å². The average Bonchev–Trinajstić information content (AvgIpc) is 2.92. The second-order valence-corrected chi connectivity index (χ2v) is 24.2. The van der Waals surface area contributed by atoms with Gasteiger partial charge in [-0.15, -0.1) is 24.8 Å². The number of halogens is 2. The van der Waals surface area contributed by atoms with E-state index >= 15 is 0 Å². The van der Waals surface area contributed by atoms with Crippen LogP contribution < -0.4 is 3.32 Å². The number of fused-ring (bicyclic) bond motifs is 1. The van der Waals surface area contributed by atoms with Crippen LogP contribution in [0.25, 0.3) is 10.8 Å². The van der Waals surface area contributed by atoms with E-state index in [4.69, 9.17) is 3.32 Å². The number of allylic oxidation sites excluding steroid dienone is 4. The Kier molecular flexibility index (Phi) is 6.16. The second-order valence-electron chi connectivity index (χ2n) is 6.47. The zero-order valence-electron chi connectivity index (χ0n) is 12.9. The Morgan fingerprint density at radius 3 is 2.32 bits per heavy atom. The van der Waals surface area contributed by atoms with Crippen molar-refractivity contribution in [1.82, 2.24) is 0 Å². The van der Waals surface area contributed by atoms with Gasteiger partial charge < -0.3 is 0 Å². The molecule has 0 amide bonds. The van der Waals surface area contributed by atoms with Crippen LogP contribution in [0, 0.1) is 0 Å². The average molecular weight is 389 g/mol. The van der Waals surface area contributed by atoms with Crippen LogP contribution in [0.4, 0.5) is 0 Å². The third-order valence-corrected chi connectivity index (χ3v) is 11.5. The molecule has 5 heteroatoms. The van der Waals surface area contributed by atoms with Crippen LogP contribution in [0.5, 0.6) is 5.75 Å². The van der Waals surface area contributed by atoms with Crippen molar-refractivity contribution in [3.8, 4) is 5.75 Å². The van der Waals surface area contributed by atoms with Crippen LogP contribution >= 0.6 is 24.8 Å². The van der Waals surface area contributed by atoms with Crippen molar-refractivity contribution in [2.24, 2.45) is 0 Å². The number of hydrogen-bond acceptors (Lipinski definition) is 1. The van der Waals surface area contributed by atoms with Gasteiger partial charge >= 0.3 is 123 Å². The molecule has 0 spiro atoms. The van der Waals surface area contributed by atoms with Crippen LogP contribution in [0.3, 0.4) is 0 Å². The molecule has 0 heterocycles. The number of hydrogen-bond donors (Lipinski definition) is 0. The molecule has 0 aliphatic heterocycles. The van der Waals surface area contributed by atoms with Gasteiger partial charge in [0.2, 0.25) is 0 Å². The summed E-state index contributed by atoms with van der Waals surface area (Å²) in [6, 6.07) is 14.9. The quantitative estimate of drug-likeness (QED) is 0.660. The van der Waals surface area contributed by atoms with E-state index in [9.17, 15) is 0 Å². The van der Waals surface area contributed by atoms with Crippen molar-refractivity contribution in [2.45, 2.75) is 16.9 Å². The van der Waals surface area contributed by atoms with Crippen molar-refractivity contribution in [2.75, 3.05) is 0 Å². The summed E-state index contributed by atoms with van der Waals surface area (Å²) >= 11 is -2.99. The summed E-state index contributed by atoms with van der Waals surface area (Å²) in [6.07, 6.45) is 7.69. The topological polar surface area (TPSA) is 9.23 Å². The zero-order chi connectivity index (χ0) is 14.2. The Labute approximate surface area is 147 Å². The molecule has 22 heavy (non-hydrogen) atoms. The van der Waals surface area contributed by atoms with Crippen LogP contribution in [0.15, 0.2) is 64.6 Å². The summed E-state index contributed by atoms with van der Waals surface area (Å²) in [5.41, 5.74) is 0. The van der Waals surface area contributed by atoms with Crippen molar-refractivity contribution in [3.63, 3.8) is 0 Å². The molecule has 0 atom stereocenters. The van der Waals surface area contributed by atoms with Crippen LogP contribution in [0.1, 0.15) is 6.42 Å². The molecule has 1 aliphatic carbocycles. The summed E-state index contributed by atoms with van der Waals surface area (Å²) in [5, 5.41) is 7.21. The molecule has 2 aromatic carbocycles. The molecule has 1 aliphatic rings. The van der Waals surface area contributed by atoms with Crippen molar-refractivity contribution in [1.29, 1.82) is 0 Å². The molecular formula is C17H22Cl2OSiTi. The van der Waals surface area contributed by atoms with E-state index in [1.807, 2.05) is 0 Å². The molecule has 0 bridgehead atoms. The first-order valence-electron chi connectivity index (χ1n) is 7.04. The Hall–Kier alpha value is -0.509. The van der Waals surface area contributed by atoms with Crippen LogP contribution in [-0.4, -0.2) is 7.63 Å². The first kappa shape index (κ1) is 19.5. The summed E-state index contributed by atoms with van der Waals surface area (Å²) in [6.45, 7) is 0. The molecule has 0 fully saturated rings. The zero-order valence-corrected chi connectivity index (χ0v) is 17.5. The van der Waals surface area contributed by atoms with Gasteiger partial charge in [0.15, 0.2) is 0 Å². The van der Waals surface area contributed by atoms with Gasteiger partial charge in [0.05, 0.1) is 0 Å². The third-order valence-electron chi connectivity index (χ3n) is 3.94. The Morgan fingerprint density at radius 2 is 1.68 bits per heavy atom. The maximum absolute atomic E-state index is 6.58. The van der Waals surface area contributed by atoms with E-state index in [0.29, 0.717) is 0 Å². The van der Waals surface area contributed by atoms with Crippen LogP contribution in [-0.2, 0) is 14.4 Å². The first-order valence-corrected chi connectivity index (χ1v) is 15.6. The number of benzene rings is 2. The molecule has 0 unspecified atom stereocenters. The van der Waals surface area contributed by atoms with Gasteiger partial charge in [-0.1, -0.05) is 0 Å². The van der Waals surface area contributed by atoms with Gasteiger partial charge in [0.1, 0.15) is 0 Å². The Bertz CT molecular complexity index is 805. The van der Waals surface area contributed by atoms with Crippen molar-refractivity contribution < 1.29 is 17.7 Å². The predicted octanol–water partition coefficient (Wildman–Crippen LogP) is 5.15. The fourth-order valence-electron chi connectivity index (χ4n) is 2.70. The first-order chi connectivity index (χ1) is 9.42. The minimum absolute atomic E-state index is 0. The van der Waals surface area contributed by atoms with Gasteiger partial charge in [0, 0.05) is 0 Å². The van der Waals surface area contributed by atoms with Crippen LogP contribution in [0.2, 0.25) is 10.5 Å². The Morgan fingerprint density at radius 1 is 1.00 bits per heavy atom. The monoisotopic (exact) mass is 388 g/mol. The molecule has 0 radical (unpaired) electrons. The van der Waals surface area contributed by atoms with E-state index in [2.05, 4.69) is 78.8 Å². The second kappa shape index (κ2) is 6.94. The molecule has 0 aromatic heterocycles. The van der Waals surface area contributed by atoms with Gasteiger partial charge in [-0.3, -0.25) is 0 Å². The standard InChI is InChI=1S/C10H8O.C5H5.2CH3.2ClH.H2Si.Ti/c11-10-6-5-8-3-1-2-4-9(8)7-10;1-2-4-5-3-1;;;;;;/h1-7,11H;1-3H,4H2;2*1H3;2*1H;1H2;/q;;;;;;;+1/p-1. The van der Waals surface area contributed by atoms with E-state index in [1.165, 1.54) is 14.7 Å². The van der Waals surface area contributed by atoms with E-state index in [1.54, 1.807) is 0 Å². The normalized spacial score (nSPS) is 14.0. The molecule has 0 N–H and O–H groups in total. The summed E-state index contributed by atoms with van der Waals surface area (Å²) in [5.74, 6) is 1.01. The van der Waals surface area contributed by atoms with Gasteiger partial charge in [0.25, 0.3) is 0 Å². The molecule has 3 rings (SSSR count). The molecule has 0 saturated carbocycles. The van der Waals surface area contributed by atoms with Gasteiger partial charge in [-0.05, 0) is 0 Å². The summed E-state index contributed by atoms with van der Waals surface area (Å²) in [7, 11) is 2.10. The predicted molar refractivity (Wildman–Crippen MR) is 101 cm³/mol. The fourth-order valence-corrected chi connectivity index (χ4v) is 8.19. The molecule has 2 aromatic rings. The van der Waals surface area contributed by atoms with Gasteiger partial charge in [-0.2, -0.15) is 0 Å². The maximum atomic E-state index is 6.58. The molecular weight excluding hydrogens is 367 g/mol. The van der Waals surface area contributed by atoms with Gasteiger partial charge in [-0.25, -0.2) is 0 Å². The van der Waals surface area contributed by atoms with E-state index < -0.39 is 14.4 Å². The molecule has 1 nitrogen and oxygen atoms in total. The SMILES string of the molecule is Cl.Cl.[CH3][Ti]([CH3])(=[SiH2])([O]c1ccc2ccccc2c1)[C]1=CC=CC1. The Balaban J connectivity index is 0.00000121. The van der Waals surface area contributed by atoms with E-state index in [0.717, 1.165) is 12.2 Å². The minimum atomic E-state index is -2.99. The molecule has 118 valence electrons. The van der Waals surface area contributed by atoms with Crippen molar-refractivity contribution in [3.05, 3.63) is 64.6 Å². The van der Waals surface area contributed by atoms with E-state index in [-0.39, 0.29) is 24.8 Å². The summed E-state index contributed by atoms with van der Waals surface area (Å²) < 4.78 is 8.08. The third kappa shape index (κ3) is 4.06. The fraction of sp³-hybridized carbons (Fsp3) is 0.176. The number of rotatable bonds is 3. The molecule has 0 saturated heterocycles. The summed E-state index contributed by atoms with van der Waals surface area (Å²) in [4.78, 5) is 0.